The van der Waals surface area contributed by atoms with E-state index in [9.17, 15) is 18.3 Å². The van der Waals surface area contributed by atoms with Crippen LogP contribution >= 0.6 is 23.4 Å². The number of aromatic hydroxyl groups is 1. The molecule has 21 heavy (non-hydrogen) atoms. The lowest BCUT2D eigenvalue weighted by atomic mass is 10.2. The molecule has 0 spiro atoms. The first-order valence-corrected chi connectivity index (χ1v) is 9.62. The maximum Gasteiger partial charge on any atom is 0.234 e. The third-order valence-electron chi connectivity index (χ3n) is 3.18. The molecule has 2 rings (SSSR count). The molecule has 1 aliphatic rings. The lowest BCUT2D eigenvalue weighted by Gasteiger charge is -2.11. The van der Waals surface area contributed by atoms with Crippen LogP contribution in [0.5, 0.6) is 5.75 Å². The lowest BCUT2D eigenvalue weighted by molar-refractivity contribution is -0.113. The van der Waals surface area contributed by atoms with E-state index in [1.54, 1.807) is 13.0 Å². The van der Waals surface area contributed by atoms with E-state index in [2.05, 4.69) is 5.32 Å². The standard InChI is InChI=1S/C13H16ClNO4S2/c1-8-4-9(14)5-11(13(8)17)15-12(16)6-20-10-2-3-21(18,19)7-10/h4-5,10,17H,2-3,6-7H2,1H3,(H,15,16). The molecule has 1 heterocycles. The number of rotatable bonds is 4. The highest BCUT2D eigenvalue weighted by molar-refractivity contribution is 8.02. The molecule has 0 saturated carbocycles. The summed E-state index contributed by atoms with van der Waals surface area (Å²) in [7, 11) is -2.93. The summed E-state index contributed by atoms with van der Waals surface area (Å²) in [6, 6.07) is 3.08. The molecule has 8 heteroatoms. The lowest BCUT2D eigenvalue weighted by Crippen LogP contribution is -2.17. The van der Waals surface area contributed by atoms with Gasteiger partial charge in [0.1, 0.15) is 5.75 Å². The number of aryl methyl sites for hydroxylation is 1. The van der Waals surface area contributed by atoms with Crippen molar-refractivity contribution in [2.75, 3.05) is 22.6 Å². The third kappa shape index (κ3) is 4.52. The first-order valence-electron chi connectivity index (χ1n) is 6.38. The summed E-state index contributed by atoms with van der Waals surface area (Å²) in [5, 5.41) is 12.8. The molecule has 116 valence electrons. The van der Waals surface area contributed by atoms with Crippen molar-refractivity contribution in [1.29, 1.82) is 0 Å². The molecule has 0 radical (unpaired) electrons. The van der Waals surface area contributed by atoms with Crippen molar-refractivity contribution in [3.8, 4) is 5.75 Å². The van der Waals surface area contributed by atoms with E-state index in [1.165, 1.54) is 17.8 Å². The minimum absolute atomic E-state index is 0.0128. The highest BCUT2D eigenvalue weighted by Gasteiger charge is 2.28. The van der Waals surface area contributed by atoms with E-state index >= 15 is 0 Å². The van der Waals surface area contributed by atoms with E-state index in [1.807, 2.05) is 0 Å². The van der Waals surface area contributed by atoms with Crippen LogP contribution in [0.25, 0.3) is 0 Å². The Bertz CT molecular complexity index is 660. The van der Waals surface area contributed by atoms with E-state index in [0.29, 0.717) is 17.0 Å². The number of anilines is 1. The molecular weight excluding hydrogens is 334 g/mol. The maximum absolute atomic E-state index is 11.9. The van der Waals surface area contributed by atoms with Gasteiger partial charge in [-0.2, -0.15) is 0 Å². The van der Waals surface area contributed by atoms with Crippen molar-refractivity contribution in [1.82, 2.24) is 0 Å². The summed E-state index contributed by atoms with van der Waals surface area (Å²) in [5.74, 6) is 0.167. The minimum Gasteiger partial charge on any atom is -0.505 e. The van der Waals surface area contributed by atoms with Gasteiger partial charge in [-0.05, 0) is 31.0 Å². The Labute approximate surface area is 133 Å². The van der Waals surface area contributed by atoms with E-state index in [4.69, 9.17) is 11.6 Å². The van der Waals surface area contributed by atoms with Crippen LogP contribution in [0.15, 0.2) is 12.1 Å². The van der Waals surface area contributed by atoms with Crippen LogP contribution in [0, 0.1) is 6.92 Å². The average molecular weight is 350 g/mol. The summed E-state index contributed by atoms with van der Waals surface area (Å²) in [6.07, 6.45) is 0.585. The second-order valence-corrected chi connectivity index (χ2v) is 8.96. The van der Waals surface area contributed by atoms with Crippen LogP contribution in [0.2, 0.25) is 5.02 Å². The quantitative estimate of drug-likeness (QED) is 0.814. The number of amides is 1. The maximum atomic E-state index is 11.9. The van der Waals surface area contributed by atoms with Crippen molar-refractivity contribution < 1.29 is 18.3 Å². The van der Waals surface area contributed by atoms with Gasteiger partial charge < -0.3 is 10.4 Å². The summed E-state index contributed by atoms with van der Waals surface area (Å²) < 4.78 is 22.7. The van der Waals surface area contributed by atoms with Gasteiger partial charge >= 0.3 is 0 Å². The number of hydrogen-bond acceptors (Lipinski definition) is 5. The molecule has 1 amide bonds. The highest BCUT2D eigenvalue weighted by Crippen LogP contribution is 2.31. The zero-order valence-corrected chi connectivity index (χ0v) is 13.8. The molecule has 1 aromatic carbocycles. The van der Waals surface area contributed by atoms with Crippen molar-refractivity contribution in [3.63, 3.8) is 0 Å². The third-order valence-corrected chi connectivity index (χ3v) is 6.68. The summed E-state index contributed by atoms with van der Waals surface area (Å²) in [5.41, 5.74) is 0.844. The Morgan fingerprint density at radius 1 is 1.52 bits per heavy atom. The van der Waals surface area contributed by atoms with Crippen LogP contribution in [0.4, 0.5) is 5.69 Å². The van der Waals surface area contributed by atoms with Crippen molar-refractivity contribution in [3.05, 3.63) is 22.7 Å². The number of phenolic OH excluding ortho intramolecular Hbond substituents is 1. The van der Waals surface area contributed by atoms with E-state index in [-0.39, 0.29) is 39.9 Å². The van der Waals surface area contributed by atoms with E-state index in [0.717, 1.165) is 0 Å². The number of hydrogen-bond donors (Lipinski definition) is 2. The molecule has 1 unspecified atom stereocenters. The summed E-state index contributed by atoms with van der Waals surface area (Å²) >= 11 is 7.21. The van der Waals surface area contributed by atoms with Crippen molar-refractivity contribution >= 4 is 44.8 Å². The first kappa shape index (κ1) is 16.5. The van der Waals surface area contributed by atoms with Gasteiger partial charge in [-0.1, -0.05) is 11.6 Å². The molecular formula is C13H16ClNO4S2. The molecule has 0 bridgehead atoms. The number of carbonyl (C=O) groups is 1. The largest absolute Gasteiger partial charge is 0.505 e. The minimum atomic E-state index is -2.93. The van der Waals surface area contributed by atoms with Gasteiger partial charge in [-0.3, -0.25) is 4.79 Å². The second kappa shape index (κ2) is 6.46. The normalized spacial score (nSPS) is 20.4. The van der Waals surface area contributed by atoms with Gasteiger partial charge in [0.25, 0.3) is 0 Å². The number of phenols is 1. The van der Waals surface area contributed by atoms with Gasteiger partial charge in [-0.15, -0.1) is 11.8 Å². The molecule has 1 atom stereocenters. The van der Waals surface area contributed by atoms with Crippen LogP contribution in [-0.4, -0.2) is 41.9 Å². The second-order valence-electron chi connectivity index (χ2n) is 5.00. The number of halogens is 1. The first-order chi connectivity index (χ1) is 9.77. The zero-order valence-electron chi connectivity index (χ0n) is 11.4. The number of carbonyl (C=O) groups excluding carboxylic acids is 1. The molecule has 1 aliphatic heterocycles. The fraction of sp³-hybridized carbons (Fsp3) is 0.462. The monoisotopic (exact) mass is 349 g/mol. The molecule has 2 N–H and O–H groups in total. The number of sulfone groups is 1. The molecule has 5 nitrogen and oxygen atoms in total. The molecule has 1 saturated heterocycles. The fourth-order valence-corrected chi connectivity index (χ4v) is 5.82. The SMILES string of the molecule is Cc1cc(Cl)cc(NC(=O)CSC2CCS(=O)(=O)C2)c1O. The molecule has 0 aromatic heterocycles. The Hall–Kier alpha value is -0.920. The Morgan fingerprint density at radius 3 is 2.86 bits per heavy atom. The summed E-state index contributed by atoms with van der Waals surface area (Å²) in [4.78, 5) is 11.9. The van der Waals surface area contributed by atoms with Crippen molar-refractivity contribution in [2.45, 2.75) is 18.6 Å². The number of thioether (sulfide) groups is 1. The van der Waals surface area contributed by atoms with Gasteiger partial charge in [-0.25, -0.2) is 8.42 Å². The molecule has 0 aliphatic carbocycles. The predicted molar refractivity (Wildman–Crippen MR) is 86.0 cm³/mol. The van der Waals surface area contributed by atoms with Gasteiger partial charge in [0.2, 0.25) is 5.91 Å². The molecule has 1 aromatic rings. The summed E-state index contributed by atoms with van der Waals surface area (Å²) in [6.45, 7) is 1.69. The van der Waals surface area contributed by atoms with Gasteiger partial charge in [0.15, 0.2) is 9.84 Å². The van der Waals surface area contributed by atoms with Crippen LogP contribution in [0.1, 0.15) is 12.0 Å². The fourth-order valence-electron chi connectivity index (χ4n) is 2.10. The highest BCUT2D eigenvalue weighted by atomic mass is 35.5. The number of benzene rings is 1. The Morgan fingerprint density at radius 2 is 2.24 bits per heavy atom. The van der Waals surface area contributed by atoms with Gasteiger partial charge in [0.05, 0.1) is 22.9 Å². The molecule has 1 fully saturated rings. The van der Waals surface area contributed by atoms with Crippen LogP contribution < -0.4 is 5.32 Å². The average Bonchev–Trinajstić information content (AvgIpc) is 2.72. The smallest absolute Gasteiger partial charge is 0.234 e. The Balaban J connectivity index is 1.91. The van der Waals surface area contributed by atoms with Crippen LogP contribution in [-0.2, 0) is 14.6 Å². The zero-order chi connectivity index (χ0) is 15.6. The van der Waals surface area contributed by atoms with Crippen molar-refractivity contribution in [2.24, 2.45) is 0 Å². The van der Waals surface area contributed by atoms with Gasteiger partial charge in [0, 0.05) is 10.3 Å². The Kier molecular flexibility index (Phi) is 5.06. The predicted octanol–water partition coefficient (Wildman–Crippen LogP) is 2.21. The van der Waals surface area contributed by atoms with Crippen LogP contribution in [0.3, 0.4) is 0 Å². The van der Waals surface area contributed by atoms with E-state index < -0.39 is 9.84 Å². The topological polar surface area (TPSA) is 83.5 Å². The number of nitrogens with one attached hydrogen (secondary N) is 1.